The number of hydrogen-bond donors (Lipinski definition) is 1. The SMILES string of the molecule is CC(=O)Nc1ccc(N2C(=O)C[C@@H](Sc3nc(C)cc(C)c3C#N)C2=O)cc1. The van der Waals surface area contributed by atoms with Gasteiger partial charge in [-0.3, -0.25) is 14.4 Å². The molecular formula is C20H18N4O3S. The lowest BCUT2D eigenvalue weighted by Crippen LogP contribution is -2.31. The quantitative estimate of drug-likeness (QED) is 0.800. The molecule has 1 atom stereocenters. The van der Waals surface area contributed by atoms with Gasteiger partial charge in [-0.1, -0.05) is 11.8 Å². The Morgan fingerprint density at radius 1 is 1.29 bits per heavy atom. The fraction of sp³-hybridized carbons (Fsp3) is 0.250. The van der Waals surface area contributed by atoms with E-state index in [1.807, 2.05) is 19.9 Å². The van der Waals surface area contributed by atoms with Crippen molar-refractivity contribution in [1.82, 2.24) is 4.98 Å². The van der Waals surface area contributed by atoms with Crippen LogP contribution in [0.5, 0.6) is 0 Å². The van der Waals surface area contributed by atoms with Crippen molar-refractivity contribution in [2.75, 3.05) is 10.2 Å². The molecule has 28 heavy (non-hydrogen) atoms. The number of amides is 3. The summed E-state index contributed by atoms with van der Waals surface area (Å²) in [6, 6.07) is 10.4. The molecule has 0 unspecified atom stereocenters. The molecule has 0 radical (unpaired) electrons. The average Bonchev–Trinajstić information content (AvgIpc) is 2.88. The van der Waals surface area contributed by atoms with E-state index in [0.717, 1.165) is 27.9 Å². The van der Waals surface area contributed by atoms with Crippen molar-refractivity contribution in [2.45, 2.75) is 37.5 Å². The predicted octanol–water partition coefficient (Wildman–Crippen LogP) is 2.95. The number of thioether (sulfide) groups is 1. The number of carbonyl (C=O) groups excluding carboxylic acids is 3. The molecule has 0 saturated carbocycles. The van der Waals surface area contributed by atoms with Crippen LogP contribution in [0.2, 0.25) is 0 Å². The second kappa shape index (κ2) is 7.82. The van der Waals surface area contributed by atoms with Crippen LogP contribution in [0.1, 0.15) is 30.2 Å². The maximum Gasteiger partial charge on any atom is 0.247 e. The van der Waals surface area contributed by atoms with E-state index in [4.69, 9.17) is 0 Å². The smallest absolute Gasteiger partial charge is 0.247 e. The van der Waals surface area contributed by atoms with Gasteiger partial charge in [0.05, 0.1) is 16.5 Å². The fourth-order valence-electron chi connectivity index (χ4n) is 3.02. The van der Waals surface area contributed by atoms with Gasteiger partial charge in [0.25, 0.3) is 0 Å². The highest BCUT2D eigenvalue weighted by atomic mass is 32.2. The molecule has 3 amide bonds. The molecule has 8 heteroatoms. The zero-order valence-electron chi connectivity index (χ0n) is 15.6. The molecule has 1 N–H and O–H groups in total. The molecule has 2 heterocycles. The standard InChI is InChI=1S/C20H18N4O3S/c1-11-8-12(2)22-19(16(11)10-21)28-17-9-18(26)24(20(17)27)15-6-4-14(5-7-15)23-13(3)25/h4-8,17H,9H2,1-3H3,(H,23,25)/t17-/m1/s1. The molecule has 1 aliphatic heterocycles. The molecule has 0 aliphatic carbocycles. The van der Waals surface area contributed by atoms with E-state index in [1.54, 1.807) is 24.3 Å². The molecule has 1 aliphatic rings. The molecule has 1 aromatic heterocycles. The summed E-state index contributed by atoms with van der Waals surface area (Å²) in [6.45, 7) is 5.05. The summed E-state index contributed by atoms with van der Waals surface area (Å²) in [6.07, 6.45) is 0.0382. The number of aromatic nitrogens is 1. The average molecular weight is 394 g/mol. The second-order valence-electron chi connectivity index (χ2n) is 6.48. The van der Waals surface area contributed by atoms with E-state index in [2.05, 4.69) is 16.4 Å². The number of carbonyl (C=O) groups is 3. The van der Waals surface area contributed by atoms with Crippen LogP contribution < -0.4 is 10.2 Å². The van der Waals surface area contributed by atoms with Crippen LogP contribution in [0.4, 0.5) is 11.4 Å². The number of nitrogens with zero attached hydrogens (tertiary/aromatic N) is 3. The van der Waals surface area contributed by atoms with E-state index in [1.165, 1.54) is 6.92 Å². The lowest BCUT2D eigenvalue weighted by molar-refractivity contribution is -0.121. The van der Waals surface area contributed by atoms with Crippen LogP contribution in [0.25, 0.3) is 0 Å². The molecule has 1 fully saturated rings. The number of nitrogens with one attached hydrogen (secondary N) is 1. The molecule has 1 saturated heterocycles. The number of nitriles is 1. The predicted molar refractivity (Wildman–Crippen MR) is 106 cm³/mol. The minimum absolute atomic E-state index is 0.0382. The lowest BCUT2D eigenvalue weighted by Gasteiger charge is -2.16. The lowest BCUT2D eigenvalue weighted by atomic mass is 10.1. The zero-order chi connectivity index (χ0) is 20.4. The van der Waals surface area contributed by atoms with Crippen LogP contribution >= 0.6 is 11.8 Å². The van der Waals surface area contributed by atoms with Gasteiger partial charge in [0.2, 0.25) is 17.7 Å². The first-order chi connectivity index (χ1) is 13.3. The van der Waals surface area contributed by atoms with E-state index in [9.17, 15) is 19.6 Å². The Kier molecular flexibility index (Phi) is 5.47. The van der Waals surface area contributed by atoms with Gasteiger partial charge >= 0.3 is 0 Å². The van der Waals surface area contributed by atoms with Gasteiger partial charge in [-0.05, 0) is 49.7 Å². The Morgan fingerprint density at radius 2 is 1.96 bits per heavy atom. The highest BCUT2D eigenvalue weighted by Gasteiger charge is 2.40. The normalized spacial score (nSPS) is 16.2. The van der Waals surface area contributed by atoms with Crippen molar-refractivity contribution in [3.8, 4) is 6.07 Å². The summed E-state index contributed by atoms with van der Waals surface area (Å²) >= 11 is 1.15. The highest BCUT2D eigenvalue weighted by Crippen LogP contribution is 2.35. The number of benzene rings is 1. The van der Waals surface area contributed by atoms with Gasteiger partial charge in [0.1, 0.15) is 11.1 Å². The van der Waals surface area contributed by atoms with Crippen molar-refractivity contribution in [2.24, 2.45) is 0 Å². The van der Waals surface area contributed by atoms with Crippen molar-refractivity contribution in [3.05, 3.63) is 47.2 Å². The van der Waals surface area contributed by atoms with Gasteiger partial charge in [-0.2, -0.15) is 5.26 Å². The maximum atomic E-state index is 12.9. The Bertz CT molecular complexity index is 1010. The molecular weight excluding hydrogens is 376 g/mol. The van der Waals surface area contributed by atoms with Crippen LogP contribution in [0, 0.1) is 25.2 Å². The third kappa shape index (κ3) is 3.89. The van der Waals surface area contributed by atoms with Gasteiger partial charge in [0, 0.05) is 24.7 Å². The van der Waals surface area contributed by atoms with Gasteiger partial charge < -0.3 is 5.32 Å². The monoisotopic (exact) mass is 394 g/mol. The summed E-state index contributed by atoms with van der Waals surface area (Å²) in [5.74, 6) is -0.850. The molecule has 142 valence electrons. The number of imide groups is 1. The Morgan fingerprint density at radius 3 is 2.57 bits per heavy atom. The molecule has 2 aromatic rings. The minimum atomic E-state index is -0.636. The van der Waals surface area contributed by atoms with Gasteiger partial charge in [-0.25, -0.2) is 9.88 Å². The summed E-state index contributed by atoms with van der Waals surface area (Å²) in [7, 11) is 0. The molecule has 0 spiro atoms. The first-order valence-corrected chi connectivity index (χ1v) is 9.47. The topological polar surface area (TPSA) is 103 Å². The van der Waals surface area contributed by atoms with Crippen molar-refractivity contribution in [3.63, 3.8) is 0 Å². The number of anilines is 2. The van der Waals surface area contributed by atoms with Crippen LogP contribution in [0.3, 0.4) is 0 Å². The number of rotatable bonds is 4. The van der Waals surface area contributed by atoms with Gasteiger partial charge in [-0.15, -0.1) is 0 Å². The first kappa shape index (κ1) is 19.6. The molecule has 0 bridgehead atoms. The third-order valence-corrected chi connectivity index (χ3v) is 5.40. The summed E-state index contributed by atoms with van der Waals surface area (Å²) in [4.78, 5) is 42.0. The largest absolute Gasteiger partial charge is 0.326 e. The first-order valence-electron chi connectivity index (χ1n) is 8.59. The van der Waals surface area contributed by atoms with E-state index >= 15 is 0 Å². The minimum Gasteiger partial charge on any atom is -0.326 e. The van der Waals surface area contributed by atoms with Crippen LogP contribution in [-0.4, -0.2) is 28.0 Å². The van der Waals surface area contributed by atoms with E-state index < -0.39 is 5.25 Å². The Balaban J connectivity index is 1.83. The summed E-state index contributed by atoms with van der Waals surface area (Å²) in [5.41, 5.74) is 3.00. The molecule has 7 nitrogen and oxygen atoms in total. The maximum absolute atomic E-state index is 12.9. The van der Waals surface area contributed by atoms with Crippen molar-refractivity contribution >= 4 is 40.9 Å². The van der Waals surface area contributed by atoms with Gasteiger partial charge in [0.15, 0.2) is 0 Å². The third-order valence-electron chi connectivity index (χ3n) is 4.23. The van der Waals surface area contributed by atoms with Crippen LogP contribution in [-0.2, 0) is 14.4 Å². The molecule has 3 rings (SSSR count). The number of aryl methyl sites for hydroxylation is 2. The van der Waals surface area contributed by atoms with Crippen molar-refractivity contribution < 1.29 is 14.4 Å². The van der Waals surface area contributed by atoms with E-state index in [0.29, 0.717) is 22.0 Å². The second-order valence-corrected chi connectivity index (χ2v) is 7.67. The highest BCUT2D eigenvalue weighted by molar-refractivity contribution is 8.00. The van der Waals surface area contributed by atoms with Crippen LogP contribution in [0.15, 0.2) is 35.4 Å². The zero-order valence-corrected chi connectivity index (χ0v) is 16.5. The Labute approximate surface area is 166 Å². The fourth-order valence-corrected chi connectivity index (χ4v) is 4.25. The summed E-state index contributed by atoms with van der Waals surface area (Å²) < 4.78 is 0. The van der Waals surface area contributed by atoms with Crippen molar-refractivity contribution in [1.29, 1.82) is 5.26 Å². The number of pyridine rings is 1. The van der Waals surface area contributed by atoms with E-state index in [-0.39, 0.29) is 24.1 Å². The molecule has 1 aromatic carbocycles. The summed E-state index contributed by atoms with van der Waals surface area (Å²) in [5, 5.41) is 11.9. The number of hydrogen-bond acceptors (Lipinski definition) is 6. The Hall–Kier alpha value is -3.18.